The van der Waals surface area contributed by atoms with E-state index in [0.29, 0.717) is 12.0 Å². The third kappa shape index (κ3) is 2.55. The molecule has 0 saturated heterocycles. The number of nitrogens with zero attached hydrogens (tertiary/aromatic N) is 2. The predicted octanol–water partition coefficient (Wildman–Crippen LogP) is 4.36. The number of nitrogens with two attached hydrogens (primary N) is 1. The number of nitrogen functional groups attached to an aromatic ring is 1. The number of ether oxygens (including phenoxy) is 1. The smallest absolute Gasteiger partial charge is 0.132 e. The molecule has 0 atom stereocenters. The molecule has 1 fully saturated rings. The van der Waals surface area contributed by atoms with Gasteiger partial charge < -0.3 is 15.0 Å². The van der Waals surface area contributed by atoms with Crippen LogP contribution in [0.3, 0.4) is 0 Å². The summed E-state index contributed by atoms with van der Waals surface area (Å²) >= 11 is 3.51. The molecule has 112 valence electrons. The van der Waals surface area contributed by atoms with Gasteiger partial charge >= 0.3 is 0 Å². The Bertz CT molecular complexity index is 674. The van der Waals surface area contributed by atoms with Crippen LogP contribution in [0.2, 0.25) is 0 Å². The van der Waals surface area contributed by atoms with Crippen LogP contribution in [0.1, 0.15) is 44.5 Å². The summed E-state index contributed by atoms with van der Waals surface area (Å²) in [6, 6.07) is 6.21. The molecule has 1 aromatic carbocycles. The highest BCUT2D eigenvalue weighted by Crippen LogP contribution is 2.44. The van der Waals surface area contributed by atoms with E-state index in [9.17, 15) is 0 Å². The molecule has 21 heavy (non-hydrogen) atoms. The van der Waals surface area contributed by atoms with Gasteiger partial charge in [0.15, 0.2) is 0 Å². The van der Waals surface area contributed by atoms with Crippen LogP contribution in [0.25, 0.3) is 11.3 Å². The van der Waals surface area contributed by atoms with Crippen molar-refractivity contribution >= 4 is 21.7 Å². The zero-order valence-electron chi connectivity index (χ0n) is 12.6. The van der Waals surface area contributed by atoms with Crippen molar-refractivity contribution in [1.82, 2.24) is 9.55 Å². The Labute approximate surface area is 133 Å². The molecule has 1 aliphatic carbocycles. The SMILES string of the molecule is COc1ccc(Br)cc1-c1nc(C2CC2)n(C(C)C)c1N. The molecule has 2 N–H and O–H groups in total. The lowest BCUT2D eigenvalue weighted by atomic mass is 10.1. The van der Waals surface area contributed by atoms with Crippen molar-refractivity contribution in [2.75, 3.05) is 12.8 Å². The third-order valence-electron chi connectivity index (χ3n) is 3.85. The number of hydrogen-bond acceptors (Lipinski definition) is 3. The molecule has 0 bridgehead atoms. The molecule has 1 saturated carbocycles. The van der Waals surface area contributed by atoms with Gasteiger partial charge in [-0.1, -0.05) is 15.9 Å². The van der Waals surface area contributed by atoms with Crippen LogP contribution in [0.5, 0.6) is 5.75 Å². The van der Waals surface area contributed by atoms with Gasteiger partial charge in [-0.2, -0.15) is 0 Å². The van der Waals surface area contributed by atoms with E-state index >= 15 is 0 Å². The van der Waals surface area contributed by atoms with Crippen LogP contribution in [0, 0.1) is 0 Å². The first kappa shape index (κ1) is 14.4. The second kappa shape index (κ2) is 5.37. The fraction of sp³-hybridized carbons (Fsp3) is 0.438. The summed E-state index contributed by atoms with van der Waals surface area (Å²) in [6.45, 7) is 4.29. The molecule has 0 spiro atoms. The van der Waals surface area contributed by atoms with E-state index in [4.69, 9.17) is 15.5 Å². The normalized spacial score (nSPS) is 14.7. The highest BCUT2D eigenvalue weighted by molar-refractivity contribution is 9.10. The molecule has 1 aromatic heterocycles. The van der Waals surface area contributed by atoms with Crippen molar-refractivity contribution in [3.05, 3.63) is 28.5 Å². The molecule has 0 amide bonds. The van der Waals surface area contributed by atoms with Crippen LogP contribution < -0.4 is 10.5 Å². The van der Waals surface area contributed by atoms with Crippen molar-refractivity contribution in [2.45, 2.75) is 38.6 Å². The summed E-state index contributed by atoms with van der Waals surface area (Å²) in [7, 11) is 1.67. The molecule has 2 aromatic rings. The molecule has 0 aliphatic heterocycles. The first-order valence-electron chi connectivity index (χ1n) is 7.24. The van der Waals surface area contributed by atoms with Gasteiger partial charge in [-0.15, -0.1) is 0 Å². The molecule has 1 heterocycles. The Hall–Kier alpha value is -1.49. The maximum atomic E-state index is 6.41. The van der Waals surface area contributed by atoms with Crippen LogP contribution in [-0.2, 0) is 0 Å². The van der Waals surface area contributed by atoms with Gasteiger partial charge in [0.2, 0.25) is 0 Å². The lowest BCUT2D eigenvalue weighted by Crippen LogP contribution is -2.09. The van der Waals surface area contributed by atoms with E-state index < -0.39 is 0 Å². The van der Waals surface area contributed by atoms with E-state index in [0.717, 1.165) is 33.1 Å². The Morgan fingerprint density at radius 1 is 1.38 bits per heavy atom. The number of aromatic nitrogens is 2. The van der Waals surface area contributed by atoms with Crippen molar-refractivity contribution in [2.24, 2.45) is 0 Å². The molecular formula is C16H20BrN3O. The molecule has 0 unspecified atom stereocenters. The summed E-state index contributed by atoms with van der Waals surface area (Å²) in [5, 5.41) is 0. The maximum Gasteiger partial charge on any atom is 0.132 e. The summed E-state index contributed by atoms with van der Waals surface area (Å²) in [6.07, 6.45) is 2.41. The average molecular weight is 350 g/mol. The lowest BCUT2D eigenvalue weighted by molar-refractivity contribution is 0.416. The second-order valence-corrected chi connectivity index (χ2v) is 6.70. The monoisotopic (exact) mass is 349 g/mol. The maximum absolute atomic E-state index is 6.41. The highest BCUT2D eigenvalue weighted by atomic mass is 79.9. The Kier molecular flexibility index (Phi) is 3.69. The van der Waals surface area contributed by atoms with Crippen molar-refractivity contribution in [1.29, 1.82) is 0 Å². The first-order valence-corrected chi connectivity index (χ1v) is 8.03. The van der Waals surface area contributed by atoms with Crippen molar-refractivity contribution in [3.63, 3.8) is 0 Å². The zero-order valence-corrected chi connectivity index (χ0v) is 14.1. The van der Waals surface area contributed by atoms with Crippen molar-refractivity contribution < 1.29 is 4.74 Å². The summed E-state index contributed by atoms with van der Waals surface area (Å²) < 4.78 is 8.62. The fourth-order valence-corrected chi connectivity index (χ4v) is 3.06. The van der Waals surface area contributed by atoms with Gasteiger partial charge in [0.1, 0.15) is 23.1 Å². The average Bonchev–Trinajstić information content (AvgIpc) is 3.22. The number of benzene rings is 1. The first-order chi connectivity index (χ1) is 10.0. The molecule has 1 aliphatic rings. The zero-order chi connectivity index (χ0) is 15.1. The van der Waals surface area contributed by atoms with Crippen LogP contribution in [-0.4, -0.2) is 16.7 Å². The quantitative estimate of drug-likeness (QED) is 0.891. The topological polar surface area (TPSA) is 53.1 Å². The second-order valence-electron chi connectivity index (χ2n) is 5.79. The molecule has 5 heteroatoms. The number of imidazole rings is 1. The minimum absolute atomic E-state index is 0.306. The number of rotatable bonds is 4. The van der Waals surface area contributed by atoms with Gasteiger partial charge in [0.25, 0.3) is 0 Å². The standard InChI is InChI=1S/C16H20BrN3O/c1-9(2)20-15(18)14(19-16(20)10-4-5-10)12-8-11(17)6-7-13(12)21-3/h6-10H,4-5,18H2,1-3H3. The number of hydrogen-bond donors (Lipinski definition) is 1. The highest BCUT2D eigenvalue weighted by Gasteiger charge is 2.32. The van der Waals surface area contributed by atoms with Crippen molar-refractivity contribution in [3.8, 4) is 17.0 Å². The Morgan fingerprint density at radius 3 is 2.67 bits per heavy atom. The molecule has 0 radical (unpaired) electrons. The predicted molar refractivity (Wildman–Crippen MR) is 88.7 cm³/mol. The van der Waals surface area contributed by atoms with Crippen LogP contribution in [0.15, 0.2) is 22.7 Å². The minimum atomic E-state index is 0.306. The van der Waals surface area contributed by atoms with Gasteiger partial charge in [-0.05, 0) is 44.9 Å². The fourth-order valence-electron chi connectivity index (χ4n) is 2.70. The molecule has 4 nitrogen and oxygen atoms in total. The number of halogens is 1. The Morgan fingerprint density at radius 2 is 2.10 bits per heavy atom. The molecular weight excluding hydrogens is 330 g/mol. The summed E-state index contributed by atoms with van der Waals surface area (Å²) in [5.74, 6) is 3.19. The Balaban J connectivity index is 2.19. The number of methoxy groups -OCH3 is 1. The third-order valence-corrected chi connectivity index (χ3v) is 4.34. The van der Waals surface area contributed by atoms with Gasteiger partial charge in [0.05, 0.1) is 7.11 Å². The van der Waals surface area contributed by atoms with Gasteiger partial charge in [-0.3, -0.25) is 0 Å². The van der Waals surface area contributed by atoms with Crippen LogP contribution >= 0.6 is 15.9 Å². The van der Waals surface area contributed by atoms with Gasteiger partial charge in [-0.25, -0.2) is 4.98 Å². The number of anilines is 1. The lowest BCUT2D eigenvalue weighted by Gasteiger charge is -2.13. The minimum Gasteiger partial charge on any atom is -0.496 e. The van der Waals surface area contributed by atoms with E-state index in [1.807, 2.05) is 18.2 Å². The molecule has 3 rings (SSSR count). The van der Waals surface area contributed by atoms with E-state index in [1.165, 1.54) is 12.8 Å². The largest absolute Gasteiger partial charge is 0.496 e. The van der Waals surface area contributed by atoms with Gasteiger partial charge in [0, 0.05) is 22.0 Å². The van der Waals surface area contributed by atoms with E-state index in [1.54, 1.807) is 7.11 Å². The van der Waals surface area contributed by atoms with E-state index in [-0.39, 0.29) is 0 Å². The summed E-state index contributed by atoms with van der Waals surface area (Å²) in [5.41, 5.74) is 8.16. The summed E-state index contributed by atoms with van der Waals surface area (Å²) in [4.78, 5) is 4.85. The van der Waals surface area contributed by atoms with E-state index in [2.05, 4.69) is 34.3 Å². The van der Waals surface area contributed by atoms with Crippen LogP contribution in [0.4, 0.5) is 5.82 Å².